The number of piperidine rings is 2. The van der Waals surface area contributed by atoms with Crippen LogP contribution in [0, 0.1) is 5.41 Å². The number of amides is 3. The zero-order valence-corrected chi connectivity index (χ0v) is 16.7. The van der Waals surface area contributed by atoms with Crippen molar-refractivity contribution in [3.63, 3.8) is 0 Å². The van der Waals surface area contributed by atoms with E-state index < -0.39 is 6.04 Å². The number of nitrogens with two attached hydrogens (primary N) is 1. The molecule has 3 aliphatic heterocycles. The van der Waals surface area contributed by atoms with E-state index in [1.54, 1.807) is 4.90 Å². The Morgan fingerprint density at radius 1 is 1.14 bits per heavy atom. The first-order chi connectivity index (χ1) is 13.9. The quantitative estimate of drug-likeness (QED) is 0.748. The first kappa shape index (κ1) is 18.8. The van der Waals surface area contributed by atoms with Gasteiger partial charge >= 0.3 is 0 Å². The topological polar surface area (TPSA) is 95.7 Å². The first-order valence-corrected chi connectivity index (χ1v) is 10.7. The predicted octanol–water partition coefficient (Wildman–Crippen LogP) is 1.15. The van der Waals surface area contributed by atoms with E-state index >= 15 is 0 Å². The lowest BCUT2D eigenvalue weighted by Gasteiger charge is -2.51. The molecule has 1 aliphatic carbocycles. The van der Waals surface area contributed by atoms with E-state index in [2.05, 4.69) is 16.3 Å². The van der Waals surface area contributed by atoms with Gasteiger partial charge in [-0.05, 0) is 67.8 Å². The number of imide groups is 1. The lowest BCUT2D eigenvalue weighted by Crippen LogP contribution is -2.52. The highest BCUT2D eigenvalue weighted by molar-refractivity contribution is 6.05. The highest BCUT2D eigenvalue weighted by atomic mass is 16.2. The van der Waals surface area contributed by atoms with Crippen molar-refractivity contribution in [3.05, 3.63) is 34.9 Å². The summed E-state index contributed by atoms with van der Waals surface area (Å²) in [5.74, 6) is -0.720. The Morgan fingerprint density at radius 2 is 1.90 bits per heavy atom. The van der Waals surface area contributed by atoms with E-state index in [0.717, 1.165) is 30.8 Å². The number of nitrogens with zero attached hydrogens (tertiary/aromatic N) is 2. The predicted molar refractivity (Wildman–Crippen MR) is 107 cm³/mol. The zero-order valence-electron chi connectivity index (χ0n) is 16.7. The minimum atomic E-state index is -0.553. The second-order valence-corrected chi connectivity index (χ2v) is 9.34. The van der Waals surface area contributed by atoms with Crippen molar-refractivity contribution < 1.29 is 14.4 Å². The lowest BCUT2D eigenvalue weighted by atomic mass is 9.61. The average Bonchev–Trinajstić information content (AvgIpc) is 2.99. The number of benzene rings is 1. The monoisotopic (exact) mass is 396 g/mol. The molecule has 29 heavy (non-hydrogen) atoms. The molecule has 1 saturated carbocycles. The molecule has 4 aliphatic rings. The van der Waals surface area contributed by atoms with Crippen LogP contribution in [-0.4, -0.2) is 52.7 Å². The van der Waals surface area contributed by atoms with E-state index in [-0.39, 0.29) is 24.1 Å². The van der Waals surface area contributed by atoms with Gasteiger partial charge < -0.3 is 10.6 Å². The fourth-order valence-corrected chi connectivity index (χ4v) is 5.60. The number of rotatable bonds is 3. The van der Waals surface area contributed by atoms with Crippen molar-refractivity contribution in [3.8, 4) is 0 Å². The minimum Gasteiger partial charge on any atom is -0.328 e. The van der Waals surface area contributed by atoms with E-state index in [1.165, 1.54) is 25.7 Å². The maximum absolute atomic E-state index is 13.0. The molecule has 1 aromatic rings. The number of hydrogen-bond donors (Lipinski definition) is 2. The van der Waals surface area contributed by atoms with Gasteiger partial charge in [0.15, 0.2) is 0 Å². The van der Waals surface area contributed by atoms with Gasteiger partial charge in [0.25, 0.3) is 5.91 Å². The Hall–Kier alpha value is -2.25. The molecule has 2 saturated heterocycles. The fraction of sp³-hybridized carbons (Fsp3) is 0.591. The molecule has 1 aromatic carbocycles. The molecule has 3 amide bonds. The Balaban J connectivity index is 1.24. The van der Waals surface area contributed by atoms with Gasteiger partial charge in [0.2, 0.25) is 11.8 Å². The summed E-state index contributed by atoms with van der Waals surface area (Å²) in [5, 5.41) is 2.35. The molecule has 3 N–H and O–H groups in total. The molecule has 1 atom stereocenters. The SMILES string of the molecule is NC1CC2(CCN(Cc3ccc4c(c3)C(=O)N(C3CCC(=O)NC3=O)C4)CC2)C1. The smallest absolute Gasteiger partial charge is 0.255 e. The van der Waals surface area contributed by atoms with Crippen molar-refractivity contribution in [2.45, 2.75) is 63.7 Å². The molecule has 3 fully saturated rings. The van der Waals surface area contributed by atoms with Crippen molar-refractivity contribution in [2.75, 3.05) is 13.1 Å². The second kappa shape index (κ2) is 6.92. The van der Waals surface area contributed by atoms with Gasteiger partial charge in [0.1, 0.15) is 6.04 Å². The minimum absolute atomic E-state index is 0.0996. The molecule has 0 aromatic heterocycles. The summed E-state index contributed by atoms with van der Waals surface area (Å²) in [6.07, 6.45) is 5.45. The van der Waals surface area contributed by atoms with E-state index in [4.69, 9.17) is 5.73 Å². The van der Waals surface area contributed by atoms with Gasteiger partial charge in [-0.2, -0.15) is 0 Å². The summed E-state index contributed by atoms with van der Waals surface area (Å²) in [7, 11) is 0. The molecule has 7 nitrogen and oxygen atoms in total. The Bertz CT molecular complexity index is 867. The Morgan fingerprint density at radius 3 is 2.59 bits per heavy atom. The van der Waals surface area contributed by atoms with Crippen LogP contribution in [0.5, 0.6) is 0 Å². The van der Waals surface area contributed by atoms with Gasteiger partial charge in [0.05, 0.1) is 0 Å². The summed E-state index contributed by atoms with van der Waals surface area (Å²) in [4.78, 5) is 40.6. The van der Waals surface area contributed by atoms with E-state index in [0.29, 0.717) is 30.0 Å². The summed E-state index contributed by atoms with van der Waals surface area (Å²) in [6.45, 7) is 3.45. The van der Waals surface area contributed by atoms with Crippen LogP contribution in [0.1, 0.15) is 60.0 Å². The molecule has 0 bridgehead atoms. The third-order valence-corrected chi connectivity index (χ3v) is 7.31. The molecular weight excluding hydrogens is 368 g/mol. The summed E-state index contributed by atoms with van der Waals surface area (Å²) in [5.41, 5.74) is 9.29. The number of carbonyl (C=O) groups excluding carboxylic acids is 3. The highest BCUT2D eigenvalue weighted by Gasteiger charge is 2.44. The second-order valence-electron chi connectivity index (χ2n) is 9.34. The van der Waals surface area contributed by atoms with Crippen LogP contribution in [0.15, 0.2) is 18.2 Å². The van der Waals surface area contributed by atoms with Crippen LogP contribution in [0.4, 0.5) is 0 Å². The average molecular weight is 396 g/mol. The molecular formula is C22H28N4O3. The molecule has 154 valence electrons. The van der Waals surface area contributed by atoms with E-state index in [1.807, 2.05) is 12.1 Å². The maximum Gasteiger partial charge on any atom is 0.255 e. The van der Waals surface area contributed by atoms with E-state index in [9.17, 15) is 14.4 Å². The highest BCUT2D eigenvalue weighted by Crippen LogP contribution is 2.48. The summed E-state index contributed by atoms with van der Waals surface area (Å²) < 4.78 is 0. The molecule has 0 radical (unpaired) electrons. The Labute approximate surface area is 170 Å². The van der Waals surface area contributed by atoms with Crippen molar-refractivity contribution in [1.82, 2.24) is 15.1 Å². The normalized spacial score (nSPS) is 27.1. The number of fused-ring (bicyclic) bond motifs is 1. The van der Waals surface area contributed by atoms with Crippen molar-refractivity contribution >= 4 is 17.7 Å². The molecule has 3 heterocycles. The zero-order chi connectivity index (χ0) is 20.2. The van der Waals surface area contributed by atoms with Crippen LogP contribution in [0.3, 0.4) is 0 Å². The first-order valence-electron chi connectivity index (χ1n) is 10.7. The molecule has 1 unspecified atom stereocenters. The fourth-order valence-electron chi connectivity index (χ4n) is 5.60. The maximum atomic E-state index is 13.0. The summed E-state index contributed by atoms with van der Waals surface area (Å²) in [6, 6.07) is 5.96. The lowest BCUT2D eigenvalue weighted by molar-refractivity contribution is -0.136. The molecule has 5 rings (SSSR count). The largest absolute Gasteiger partial charge is 0.328 e. The third kappa shape index (κ3) is 3.36. The third-order valence-electron chi connectivity index (χ3n) is 7.31. The van der Waals surface area contributed by atoms with Gasteiger partial charge in [-0.3, -0.25) is 24.6 Å². The van der Waals surface area contributed by atoms with Crippen LogP contribution >= 0.6 is 0 Å². The van der Waals surface area contributed by atoms with Gasteiger partial charge in [0, 0.05) is 31.1 Å². The van der Waals surface area contributed by atoms with Crippen molar-refractivity contribution in [1.29, 1.82) is 0 Å². The Kier molecular flexibility index (Phi) is 4.47. The number of likely N-dealkylation sites (tertiary alicyclic amines) is 1. The number of hydrogen-bond acceptors (Lipinski definition) is 5. The van der Waals surface area contributed by atoms with Crippen LogP contribution < -0.4 is 11.1 Å². The number of nitrogens with one attached hydrogen (secondary N) is 1. The van der Waals surface area contributed by atoms with Crippen molar-refractivity contribution in [2.24, 2.45) is 11.1 Å². The van der Waals surface area contributed by atoms with Crippen LogP contribution in [-0.2, 0) is 22.7 Å². The standard InChI is InChI=1S/C22H28N4O3/c23-16-10-22(11-16)5-7-25(8-6-22)12-14-1-2-15-13-26(21(29)17(15)9-14)18-3-4-19(27)24-20(18)28/h1-2,9,16,18H,3-8,10-13,23H2,(H,24,27,28). The summed E-state index contributed by atoms with van der Waals surface area (Å²) >= 11 is 0. The number of carbonyl (C=O) groups is 3. The van der Waals surface area contributed by atoms with Crippen LogP contribution in [0.25, 0.3) is 0 Å². The van der Waals surface area contributed by atoms with Gasteiger partial charge in [-0.1, -0.05) is 12.1 Å². The van der Waals surface area contributed by atoms with Gasteiger partial charge in [-0.15, -0.1) is 0 Å². The van der Waals surface area contributed by atoms with Crippen LogP contribution in [0.2, 0.25) is 0 Å². The molecule has 7 heteroatoms. The molecule has 1 spiro atoms. The van der Waals surface area contributed by atoms with Gasteiger partial charge in [-0.25, -0.2) is 0 Å².